The third-order valence-electron chi connectivity index (χ3n) is 4.48. The van der Waals surface area contributed by atoms with Crippen molar-refractivity contribution < 1.29 is 4.74 Å². The fourth-order valence-electron chi connectivity index (χ4n) is 3.07. The van der Waals surface area contributed by atoms with Crippen LogP contribution < -0.4 is 15.4 Å². The molecule has 0 bridgehead atoms. The number of anilines is 2. The smallest absolute Gasteiger partial charge is 0.131 e. The minimum absolute atomic E-state index is 0.761. The minimum atomic E-state index is 0.761. The molecular weight excluding hydrogens is 348 g/mol. The van der Waals surface area contributed by atoms with Crippen LogP contribution in [0.3, 0.4) is 0 Å². The van der Waals surface area contributed by atoms with Crippen molar-refractivity contribution in [3.63, 3.8) is 0 Å². The number of aryl methyl sites for hydroxylation is 2. The summed E-state index contributed by atoms with van der Waals surface area (Å²) in [5.74, 6) is 3.36. The summed E-state index contributed by atoms with van der Waals surface area (Å²) in [7, 11) is 1.69. The molecule has 2 aromatic carbocycles. The van der Waals surface area contributed by atoms with Gasteiger partial charge in [0.25, 0.3) is 0 Å². The van der Waals surface area contributed by atoms with E-state index in [4.69, 9.17) is 4.74 Å². The van der Waals surface area contributed by atoms with Gasteiger partial charge in [-0.25, -0.2) is 9.97 Å². The third-order valence-corrected chi connectivity index (χ3v) is 4.48. The van der Waals surface area contributed by atoms with Gasteiger partial charge in [0.15, 0.2) is 0 Å². The van der Waals surface area contributed by atoms with Gasteiger partial charge in [0, 0.05) is 19.2 Å². The number of aromatic nitrogens is 2. The Balaban J connectivity index is 1.47. The Morgan fingerprint density at radius 3 is 2.25 bits per heavy atom. The number of nitrogens with one attached hydrogen (secondary N) is 2. The van der Waals surface area contributed by atoms with Gasteiger partial charge in [-0.3, -0.25) is 0 Å². The SMILES string of the molecule is COc1cccc(CCNc2cc(NCCCc3ccccc3)nc(C)n2)c1. The first kappa shape index (κ1) is 19.7. The van der Waals surface area contributed by atoms with Gasteiger partial charge >= 0.3 is 0 Å². The van der Waals surface area contributed by atoms with Crippen molar-refractivity contribution in [1.29, 1.82) is 0 Å². The topological polar surface area (TPSA) is 59.1 Å². The summed E-state index contributed by atoms with van der Waals surface area (Å²) in [6, 6.07) is 20.7. The van der Waals surface area contributed by atoms with Gasteiger partial charge in [-0.15, -0.1) is 0 Å². The standard InChI is InChI=1S/C23H28N4O/c1-18-26-22(24-14-7-11-19-8-4-3-5-9-19)17-23(27-18)25-15-13-20-10-6-12-21(16-20)28-2/h3-6,8-10,12,16-17H,7,11,13-15H2,1-2H3,(H2,24,25,26,27). The number of rotatable bonds is 10. The molecule has 3 rings (SSSR count). The van der Waals surface area contributed by atoms with Crippen molar-refractivity contribution in [2.75, 3.05) is 30.8 Å². The van der Waals surface area contributed by atoms with Crippen LogP contribution in [0.15, 0.2) is 60.7 Å². The maximum absolute atomic E-state index is 5.28. The fourth-order valence-corrected chi connectivity index (χ4v) is 3.07. The van der Waals surface area contributed by atoms with E-state index >= 15 is 0 Å². The molecule has 0 fully saturated rings. The van der Waals surface area contributed by atoms with Gasteiger partial charge < -0.3 is 15.4 Å². The van der Waals surface area contributed by atoms with Gasteiger partial charge in [-0.1, -0.05) is 42.5 Å². The highest BCUT2D eigenvalue weighted by atomic mass is 16.5. The predicted molar refractivity (Wildman–Crippen MR) is 115 cm³/mol. The molecule has 0 saturated carbocycles. The van der Waals surface area contributed by atoms with Crippen LogP contribution >= 0.6 is 0 Å². The van der Waals surface area contributed by atoms with Gasteiger partial charge in [0.05, 0.1) is 7.11 Å². The molecule has 0 unspecified atom stereocenters. The van der Waals surface area contributed by atoms with Crippen LogP contribution in [0.25, 0.3) is 0 Å². The molecule has 146 valence electrons. The van der Waals surface area contributed by atoms with E-state index in [9.17, 15) is 0 Å². The second-order valence-electron chi connectivity index (χ2n) is 6.73. The molecule has 1 heterocycles. The molecule has 1 aromatic heterocycles. The molecule has 0 atom stereocenters. The molecule has 5 heteroatoms. The highest BCUT2D eigenvalue weighted by Crippen LogP contribution is 2.14. The fraction of sp³-hybridized carbons (Fsp3) is 0.304. The van der Waals surface area contributed by atoms with Crippen LogP contribution in [0.1, 0.15) is 23.4 Å². The molecule has 0 aliphatic carbocycles. The number of nitrogens with zero attached hydrogens (tertiary/aromatic N) is 2. The predicted octanol–water partition coefficient (Wildman–Crippen LogP) is 4.49. The summed E-state index contributed by atoms with van der Waals surface area (Å²) in [5.41, 5.74) is 2.60. The molecule has 0 radical (unpaired) electrons. The van der Waals surface area contributed by atoms with Crippen LogP contribution in [0, 0.1) is 6.92 Å². The lowest BCUT2D eigenvalue weighted by Crippen LogP contribution is -2.10. The van der Waals surface area contributed by atoms with Crippen molar-refractivity contribution >= 4 is 11.6 Å². The average molecular weight is 377 g/mol. The van der Waals surface area contributed by atoms with E-state index in [1.165, 1.54) is 11.1 Å². The highest BCUT2D eigenvalue weighted by molar-refractivity contribution is 5.47. The van der Waals surface area contributed by atoms with Crippen LogP contribution in [-0.2, 0) is 12.8 Å². The first-order valence-electron chi connectivity index (χ1n) is 9.73. The normalized spacial score (nSPS) is 10.5. The average Bonchev–Trinajstić information content (AvgIpc) is 2.72. The number of hydrogen-bond acceptors (Lipinski definition) is 5. The van der Waals surface area contributed by atoms with E-state index in [2.05, 4.69) is 57.0 Å². The quantitative estimate of drug-likeness (QED) is 0.511. The lowest BCUT2D eigenvalue weighted by atomic mass is 10.1. The summed E-state index contributed by atoms with van der Waals surface area (Å²) < 4.78 is 5.28. The van der Waals surface area contributed by atoms with E-state index in [0.29, 0.717) is 0 Å². The molecule has 5 nitrogen and oxygen atoms in total. The van der Waals surface area contributed by atoms with E-state index in [-0.39, 0.29) is 0 Å². The summed E-state index contributed by atoms with van der Waals surface area (Å²) in [6.45, 7) is 3.61. The largest absolute Gasteiger partial charge is 0.497 e. The maximum Gasteiger partial charge on any atom is 0.131 e. The van der Waals surface area contributed by atoms with Crippen molar-refractivity contribution in [2.24, 2.45) is 0 Å². The maximum atomic E-state index is 5.28. The Bertz CT molecular complexity index is 867. The van der Waals surface area contributed by atoms with Crippen LogP contribution in [0.2, 0.25) is 0 Å². The van der Waals surface area contributed by atoms with Gasteiger partial charge in [0.1, 0.15) is 23.2 Å². The Morgan fingerprint density at radius 1 is 0.786 bits per heavy atom. The van der Waals surface area contributed by atoms with Gasteiger partial charge in [-0.05, 0) is 49.4 Å². The molecule has 0 amide bonds. The van der Waals surface area contributed by atoms with E-state index in [1.54, 1.807) is 7.11 Å². The van der Waals surface area contributed by atoms with Crippen LogP contribution in [-0.4, -0.2) is 30.2 Å². The van der Waals surface area contributed by atoms with E-state index < -0.39 is 0 Å². The molecule has 2 N–H and O–H groups in total. The zero-order valence-corrected chi connectivity index (χ0v) is 16.6. The molecule has 3 aromatic rings. The lowest BCUT2D eigenvalue weighted by Gasteiger charge is -2.11. The van der Waals surface area contributed by atoms with Gasteiger partial charge in [-0.2, -0.15) is 0 Å². The second kappa shape index (κ2) is 10.3. The van der Waals surface area contributed by atoms with Crippen LogP contribution in [0.5, 0.6) is 5.75 Å². The monoisotopic (exact) mass is 376 g/mol. The number of benzene rings is 2. The molecule has 28 heavy (non-hydrogen) atoms. The Morgan fingerprint density at radius 2 is 1.50 bits per heavy atom. The number of ether oxygens (including phenoxy) is 1. The number of methoxy groups -OCH3 is 1. The van der Waals surface area contributed by atoms with E-state index in [0.717, 1.165) is 55.6 Å². The summed E-state index contributed by atoms with van der Waals surface area (Å²) in [5, 5.41) is 6.81. The van der Waals surface area contributed by atoms with Crippen molar-refractivity contribution in [3.8, 4) is 5.75 Å². The Labute approximate surface area is 167 Å². The molecule has 0 aliphatic heterocycles. The van der Waals surface area contributed by atoms with Crippen molar-refractivity contribution in [2.45, 2.75) is 26.2 Å². The van der Waals surface area contributed by atoms with E-state index in [1.807, 2.05) is 31.2 Å². The Hall–Kier alpha value is -3.08. The summed E-state index contributed by atoms with van der Waals surface area (Å²) in [4.78, 5) is 8.98. The first-order valence-corrected chi connectivity index (χ1v) is 9.73. The summed E-state index contributed by atoms with van der Waals surface area (Å²) >= 11 is 0. The third kappa shape index (κ3) is 6.27. The zero-order valence-electron chi connectivity index (χ0n) is 16.6. The molecular formula is C23H28N4O. The van der Waals surface area contributed by atoms with Crippen LogP contribution in [0.4, 0.5) is 11.6 Å². The molecule has 0 aliphatic rings. The summed E-state index contributed by atoms with van der Waals surface area (Å²) in [6.07, 6.45) is 3.02. The van der Waals surface area contributed by atoms with Gasteiger partial charge in [0.2, 0.25) is 0 Å². The molecule has 0 saturated heterocycles. The first-order chi connectivity index (χ1) is 13.7. The highest BCUT2D eigenvalue weighted by Gasteiger charge is 2.03. The molecule has 0 spiro atoms. The minimum Gasteiger partial charge on any atom is -0.497 e. The van der Waals surface area contributed by atoms with Crippen molar-refractivity contribution in [3.05, 3.63) is 77.6 Å². The second-order valence-corrected chi connectivity index (χ2v) is 6.73. The van der Waals surface area contributed by atoms with Crippen molar-refractivity contribution in [1.82, 2.24) is 9.97 Å². The lowest BCUT2D eigenvalue weighted by molar-refractivity contribution is 0.414. The zero-order chi connectivity index (χ0) is 19.6. The number of hydrogen-bond donors (Lipinski definition) is 2. The Kier molecular flexibility index (Phi) is 7.24.